The summed E-state index contributed by atoms with van der Waals surface area (Å²) in [5, 5.41) is 17.7. The van der Waals surface area contributed by atoms with Crippen molar-refractivity contribution in [3.8, 4) is 23.0 Å². The predicted octanol–water partition coefficient (Wildman–Crippen LogP) is 5.88. The van der Waals surface area contributed by atoms with E-state index in [4.69, 9.17) is 14.7 Å². The van der Waals surface area contributed by atoms with Gasteiger partial charge < -0.3 is 14.5 Å². The number of carboxylic acids is 1. The third-order valence-electron chi connectivity index (χ3n) is 8.33. The normalized spacial score (nSPS) is 18.1. The molecule has 11 heteroatoms. The molecule has 1 fully saturated rings. The number of benzene rings is 1. The van der Waals surface area contributed by atoms with E-state index < -0.39 is 17.7 Å². The fraction of sp³-hybridized carbons (Fsp3) is 0.586. The molecule has 3 aromatic rings. The number of likely N-dealkylation sites (tertiary alicyclic amines) is 1. The van der Waals surface area contributed by atoms with E-state index in [2.05, 4.69) is 28.9 Å². The standard InChI is InChI=1S/C29H36F3N5O3/c1-4-37-23-17-28(2,3)11-7-21(23)25(34-37)27-33-26(35-40-27)20-6-5-19(22(16-20)29(30,31)32)10-14-36-12-8-18(9-13-36)15-24(38)39/h5-6,16,18H,4,7-15,17H2,1-3H3,(H,38,39). The van der Waals surface area contributed by atoms with Gasteiger partial charge >= 0.3 is 12.1 Å². The van der Waals surface area contributed by atoms with Crippen LogP contribution in [0, 0.1) is 11.3 Å². The Morgan fingerprint density at radius 2 is 1.98 bits per heavy atom. The number of alkyl halides is 3. The van der Waals surface area contributed by atoms with Gasteiger partial charge in [0.1, 0.15) is 0 Å². The Morgan fingerprint density at radius 3 is 2.65 bits per heavy atom. The highest BCUT2D eigenvalue weighted by molar-refractivity contribution is 5.67. The molecule has 1 N–H and O–H groups in total. The number of nitrogens with zero attached hydrogens (tertiary/aromatic N) is 5. The van der Waals surface area contributed by atoms with Gasteiger partial charge in [-0.15, -0.1) is 0 Å². The lowest BCUT2D eigenvalue weighted by molar-refractivity contribution is -0.139. The number of piperidine rings is 1. The van der Waals surface area contributed by atoms with Gasteiger partial charge in [-0.2, -0.15) is 23.3 Å². The van der Waals surface area contributed by atoms with Gasteiger partial charge in [0, 0.05) is 36.3 Å². The number of halogens is 3. The molecule has 2 aliphatic rings. The molecule has 40 heavy (non-hydrogen) atoms. The number of aromatic nitrogens is 4. The third kappa shape index (κ3) is 6.09. The molecule has 8 nitrogen and oxygen atoms in total. The second-order valence-corrected chi connectivity index (χ2v) is 11.9. The monoisotopic (exact) mass is 559 g/mol. The van der Waals surface area contributed by atoms with Crippen molar-refractivity contribution in [1.29, 1.82) is 0 Å². The molecule has 3 heterocycles. The summed E-state index contributed by atoms with van der Waals surface area (Å²) in [6.07, 6.45) is 0.0718. The molecule has 0 unspecified atom stereocenters. The molecule has 1 aromatic carbocycles. The molecular formula is C29H36F3N5O3. The maximum absolute atomic E-state index is 14.1. The van der Waals surface area contributed by atoms with E-state index in [1.165, 1.54) is 6.07 Å². The molecule has 0 amide bonds. The summed E-state index contributed by atoms with van der Waals surface area (Å²) in [6.45, 7) is 9.07. The van der Waals surface area contributed by atoms with Crippen molar-refractivity contribution >= 4 is 5.97 Å². The Bertz CT molecular complexity index is 1370. The van der Waals surface area contributed by atoms with Crippen molar-refractivity contribution in [1.82, 2.24) is 24.8 Å². The average molecular weight is 560 g/mol. The largest absolute Gasteiger partial charge is 0.481 e. The van der Waals surface area contributed by atoms with Crippen LogP contribution in [0.5, 0.6) is 0 Å². The first-order valence-corrected chi connectivity index (χ1v) is 14.0. The molecule has 1 aliphatic heterocycles. The molecule has 1 saturated heterocycles. The number of hydrogen-bond acceptors (Lipinski definition) is 6. The first-order valence-electron chi connectivity index (χ1n) is 14.0. The molecule has 2 aromatic heterocycles. The Morgan fingerprint density at radius 1 is 1.23 bits per heavy atom. The molecule has 0 bridgehead atoms. The minimum absolute atomic E-state index is 0.100. The lowest BCUT2D eigenvalue weighted by atomic mass is 9.76. The van der Waals surface area contributed by atoms with Crippen LogP contribution in [0.3, 0.4) is 0 Å². The smallest absolute Gasteiger partial charge is 0.416 e. The number of aliphatic carboxylic acids is 1. The molecule has 0 saturated carbocycles. The lowest BCUT2D eigenvalue weighted by Gasteiger charge is -2.31. The predicted molar refractivity (Wildman–Crippen MR) is 143 cm³/mol. The first-order chi connectivity index (χ1) is 18.9. The van der Waals surface area contributed by atoms with Crippen molar-refractivity contribution in [3.05, 3.63) is 40.6 Å². The fourth-order valence-corrected chi connectivity index (χ4v) is 6.01. The summed E-state index contributed by atoms with van der Waals surface area (Å²) in [5.41, 5.74) is 2.77. The Kier molecular flexibility index (Phi) is 7.78. The van der Waals surface area contributed by atoms with Gasteiger partial charge in [0.15, 0.2) is 5.69 Å². The average Bonchev–Trinajstić information content (AvgIpc) is 3.51. The number of fused-ring (bicyclic) bond motifs is 1. The zero-order valence-electron chi connectivity index (χ0n) is 23.2. The number of rotatable bonds is 8. The SMILES string of the molecule is CCn1nc(-c2nc(-c3ccc(CCN4CCC(CC(=O)O)CC4)c(C(F)(F)F)c3)no2)c2c1CC(C)(C)CC2. The Hall–Kier alpha value is -3.21. The van der Waals surface area contributed by atoms with Crippen molar-refractivity contribution in [3.63, 3.8) is 0 Å². The summed E-state index contributed by atoms with van der Waals surface area (Å²) in [4.78, 5) is 17.5. The van der Waals surface area contributed by atoms with Crippen LogP contribution in [0.2, 0.25) is 0 Å². The van der Waals surface area contributed by atoms with Crippen LogP contribution in [-0.4, -0.2) is 55.5 Å². The second kappa shape index (κ2) is 11.0. The summed E-state index contributed by atoms with van der Waals surface area (Å²) in [6, 6.07) is 4.22. The highest BCUT2D eigenvalue weighted by Crippen LogP contribution is 2.40. The second-order valence-electron chi connectivity index (χ2n) is 11.9. The van der Waals surface area contributed by atoms with E-state index in [-0.39, 0.29) is 47.0 Å². The van der Waals surface area contributed by atoms with Gasteiger partial charge in [-0.05, 0) is 81.5 Å². The number of carbonyl (C=O) groups is 1. The minimum atomic E-state index is -4.53. The van der Waals surface area contributed by atoms with Crippen LogP contribution in [0.4, 0.5) is 13.2 Å². The number of hydrogen-bond donors (Lipinski definition) is 1. The number of aryl methyl sites for hydroxylation is 1. The maximum atomic E-state index is 14.1. The van der Waals surface area contributed by atoms with Crippen LogP contribution in [0.15, 0.2) is 22.7 Å². The van der Waals surface area contributed by atoms with E-state index >= 15 is 0 Å². The summed E-state index contributed by atoms with van der Waals surface area (Å²) in [7, 11) is 0. The minimum Gasteiger partial charge on any atom is -0.481 e. The van der Waals surface area contributed by atoms with E-state index in [1.54, 1.807) is 6.07 Å². The number of carboxylic acid groups (broad SMARTS) is 1. The molecular weight excluding hydrogens is 523 g/mol. The third-order valence-corrected chi connectivity index (χ3v) is 8.33. The summed E-state index contributed by atoms with van der Waals surface area (Å²) < 4.78 is 49.8. The van der Waals surface area contributed by atoms with E-state index in [0.29, 0.717) is 31.9 Å². The van der Waals surface area contributed by atoms with Crippen LogP contribution in [-0.2, 0) is 36.8 Å². The topological polar surface area (TPSA) is 97.3 Å². The van der Waals surface area contributed by atoms with Gasteiger partial charge in [0.05, 0.1) is 5.56 Å². The van der Waals surface area contributed by atoms with E-state index in [9.17, 15) is 18.0 Å². The van der Waals surface area contributed by atoms with E-state index in [1.807, 2.05) is 11.6 Å². The van der Waals surface area contributed by atoms with Crippen LogP contribution in [0.25, 0.3) is 23.0 Å². The molecule has 1 aliphatic carbocycles. The highest BCUT2D eigenvalue weighted by atomic mass is 19.4. The van der Waals surface area contributed by atoms with Crippen molar-refractivity contribution in [2.24, 2.45) is 11.3 Å². The fourth-order valence-electron chi connectivity index (χ4n) is 6.01. The zero-order valence-corrected chi connectivity index (χ0v) is 23.2. The van der Waals surface area contributed by atoms with Crippen LogP contribution >= 0.6 is 0 Å². The quantitative estimate of drug-likeness (QED) is 0.368. The van der Waals surface area contributed by atoms with Crippen molar-refractivity contribution < 1.29 is 27.6 Å². The molecule has 0 atom stereocenters. The van der Waals surface area contributed by atoms with Crippen LogP contribution < -0.4 is 0 Å². The molecule has 216 valence electrons. The molecule has 0 radical (unpaired) electrons. The van der Waals surface area contributed by atoms with Crippen molar-refractivity contribution in [2.75, 3.05) is 19.6 Å². The van der Waals surface area contributed by atoms with Gasteiger partial charge in [0.25, 0.3) is 5.89 Å². The van der Waals surface area contributed by atoms with Gasteiger partial charge in [-0.1, -0.05) is 31.1 Å². The van der Waals surface area contributed by atoms with Gasteiger partial charge in [0.2, 0.25) is 5.82 Å². The zero-order chi connectivity index (χ0) is 28.7. The Labute approximate surface area is 231 Å². The van der Waals surface area contributed by atoms with Gasteiger partial charge in [-0.25, -0.2) is 0 Å². The Balaban J connectivity index is 1.34. The molecule has 0 spiro atoms. The lowest BCUT2D eigenvalue weighted by Crippen LogP contribution is -2.35. The van der Waals surface area contributed by atoms with E-state index in [0.717, 1.165) is 49.4 Å². The maximum Gasteiger partial charge on any atom is 0.416 e. The van der Waals surface area contributed by atoms with Crippen LogP contribution in [0.1, 0.15) is 68.8 Å². The highest BCUT2D eigenvalue weighted by Gasteiger charge is 2.35. The summed E-state index contributed by atoms with van der Waals surface area (Å²) in [5.74, 6) is -0.349. The molecule has 5 rings (SSSR count). The van der Waals surface area contributed by atoms with Gasteiger partial charge in [-0.3, -0.25) is 9.48 Å². The summed E-state index contributed by atoms with van der Waals surface area (Å²) >= 11 is 0. The van der Waals surface area contributed by atoms with Crippen molar-refractivity contribution in [2.45, 2.75) is 78.4 Å². The first kappa shape index (κ1) is 28.3.